The van der Waals surface area contributed by atoms with Crippen LogP contribution in [-0.2, 0) is 4.74 Å². The third-order valence-corrected chi connectivity index (χ3v) is 3.91. The van der Waals surface area contributed by atoms with Gasteiger partial charge in [-0.3, -0.25) is 4.79 Å². The van der Waals surface area contributed by atoms with Crippen molar-refractivity contribution in [1.82, 2.24) is 5.32 Å². The molecule has 1 saturated heterocycles. The van der Waals surface area contributed by atoms with Crippen LogP contribution in [0.5, 0.6) is 0 Å². The molecule has 0 radical (unpaired) electrons. The molecule has 5 heteroatoms. The molecule has 1 fully saturated rings. The normalized spacial score (nSPS) is 18.3. The lowest BCUT2D eigenvalue weighted by atomic mass is 9.89. The van der Waals surface area contributed by atoms with Crippen molar-refractivity contribution in [1.29, 1.82) is 0 Å². The van der Waals surface area contributed by atoms with Crippen LogP contribution in [0.3, 0.4) is 0 Å². The highest BCUT2D eigenvalue weighted by molar-refractivity contribution is 9.11. The highest BCUT2D eigenvalue weighted by Crippen LogP contribution is 2.25. The molecule has 1 aromatic heterocycles. The largest absolute Gasteiger partial charge is 0.380 e. The van der Waals surface area contributed by atoms with Gasteiger partial charge in [0.25, 0.3) is 5.91 Å². The molecule has 0 aromatic carbocycles. The zero-order valence-electron chi connectivity index (χ0n) is 8.38. The molecule has 0 spiro atoms. The molecule has 0 unspecified atom stereocenters. The first-order valence-corrected chi connectivity index (χ1v) is 6.36. The molecule has 3 nitrogen and oxygen atoms in total. The number of amides is 1. The predicted octanol–water partition coefficient (Wildman–Crippen LogP) is 2.28. The zero-order valence-corrected chi connectivity index (χ0v) is 10.8. The molecular formula is C10H12BrNO2S. The third-order valence-electron chi connectivity index (χ3n) is 2.41. The van der Waals surface area contributed by atoms with Crippen molar-refractivity contribution in [3.8, 4) is 0 Å². The molecule has 1 amide bonds. The van der Waals surface area contributed by atoms with E-state index in [-0.39, 0.29) is 11.3 Å². The molecule has 0 bridgehead atoms. The van der Waals surface area contributed by atoms with E-state index in [1.54, 1.807) is 0 Å². The van der Waals surface area contributed by atoms with Crippen molar-refractivity contribution in [3.05, 3.63) is 20.8 Å². The summed E-state index contributed by atoms with van der Waals surface area (Å²) in [5.41, 5.74) is 0.846. The Balaban J connectivity index is 1.87. The summed E-state index contributed by atoms with van der Waals surface area (Å²) in [6.45, 7) is 4.26. The fourth-order valence-corrected chi connectivity index (χ4v) is 2.51. The van der Waals surface area contributed by atoms with Gasteiger partial charge in [0.1, 0.15) is 0 Å². The van der Waals surface area contributed by atoms with Gasteiger partial charge in [-0.1, -0.05) is 6.92 Å². The van der Waals surface area contributed by atoms with E-state index in [4.69, 9.17) is 4.74 Å². The summed E-state index contributed by atoms with van der Waals surface area (Å²) in [6, 6.07) is 1.83. The van der Waals surface area contributed by atoms with E-state index < -0.39 is 0 Å². The van der Waals surface area contributed by atoms with Crippen LogP contribution in [0.25, 0.3) is 0 Å². The van der Waals surface area contributed by atoms with Gasteiger partial charge < -0.3 is 10.1 Å². The third kappa shape index (κ3) is 2.59. The van der Waals surface area contributed by atoms with E-state index in [0.717, 1.165) is 22.6 Å². The number of carbonyl (C=O) groups is 1. The van der Waals surface area contributed by atoms with Crippen LogP contribution in [0.1, 0.15) is 17.3 Å². The Morgan fingerprint density at radius 3 is 2.93 bits per heavy atom. The second-order valence-electron chi connectivity index (χ2n) is 4.13. The van der Waals surface area contributed by atoms with Crippen molar-refractivity contribution in [2.75, 3.05) is 19.8 Å². The summed E-state index contributed by atoms with van der Waals surface area (Å²) >= 11 is 4.85. The summed E-state index contributed by atoms with van der Waals surface area (Å²) in [5, 5.41) is 4.77. The van der Waals surface area contributed by atoms with Crippen molar-refractivity contribution < 1.29 is 9.53 Å². The van der Waals surface area contributed by atoms with Crippen LogP contribution < -0.4 is 5.32 Å². The number of ether oxygens (including phenoxy) is 1. The molecule has 82 valence electrons. The maximum absolute atomic E-state index is 11.7. The van der Waals surface area contributed by atoms with Gasteiger partial charge in [-0.05, 0) is 22.0 Å². The van der Waals surface area contributed by atoms with Crippen LogP contribution in [0.4, 0.5) is 0 Å². The second kappa shape index (κ2) is 4.23. The van der Waals surface area contributed by atoms with Crippen LogP contribution in [0, 0.1) is 5.41 Å². The minimum atomic E-state index is -0.00919. The van der Waals surface area contributed by atoms with E-state index in [1.165, 1.54) is 11.3 Å². The fourth-order valence-electron chi connectivity index (χ4n) is 1.38. The number of carbonyl (C=O) groups excluding carboxylic acids is 1. The van der Waals surface area contributed by atoms with Gasteiger partial charge in [0, 0.05) is 17.3 Å². The van der Waals surface area contributed by atoms with E-state index in [1.807, 2.05) is 11.4 Å². The highest BCUT2D eigenvalue weighted by Gasteiger charge is 2.33. The van der Waals surface area contributed by atoms with Crippen molar-refractivity contribution >= 4 is 33.2 Å². The molecule has 2 rings (SSSR count). The first-order chi connectivity index (χ1) is 7.09. The number of rotatable bonds is 3. The van der Waals surface area contributed by atoms with Gasteiger partial charge in [0.05, 0.1) is 22.6 Å². The summed E-state index contributed by atoms with van der Waals surface area (Å²) in [5.74, 6) is -0.00919. The molecule has 1 aromatic rings. The van der Waals surface area contributed by atoms with Crippen molar-refractivity contribution in [2.24, 2.45) is 5.41 Å². The quantitative estimate of drug-likeness (QED) is 0.927. The zero-order chi connectivity index (χ0) is 10.9. The van der Waals surface area contributed by atoms with E-state index in [9.17, 15) is 4.79 Å². The van der Waals surface area contributed by atoms with E-state index in [2.05, 4.69) is 28.2 Å². The molecule has 15 heavy (non-hydrogen) atoms. The Labute approximate surface area is 101 Å². The molecule has 0 aliphatic carbocycles. The van der Waals surface area contributed by atoms with Crippen molar-refractivity contribution in [3.63, 3.8) is 0 Å². The molecule has 1 aliphatic heterocycles. The molecular weight excluding hydrogens is 278 g/mol. The summed E-state index contributed by atoms with van der Waals surface area (Å²) in [7, 11) is 0. The van der Waals surface area contributed by atoms with Gasteiger partial charge in [0.15, 0.2) is 0 Å². The lowest BCUT2D eigenvalue weighted by molar-refractivity contribution is -0.0978. The Morgan fingerprint density at radius 1 is 1.73 bits per heavy atom. The fraction of sp³-hybridized carbons (Fsp3) is 0.500. The van der Waals surface area contributed by atoms with E-state index in [0.29, 0.717) is 6.54 Å². The molecule has 1 aliphatic rings. The van der Waals surface area contributed by atoms with Gasteiger partial charge >= 0.3 is 0 Å². The Morgan fingerprint density at radius 2 is 2.47 bits per heavy atom. The lowest BCUT2D eigenvalue weighted by Crippen LogP contribution is -2.48. The molecule has 1 N–H and O–H groups in total. The standard InChI is InChI=1S/C10H12BrNO2S/c1-10(5-14-6-10)4-12-9(13)7-2-8(11)15-3-7/h2-3H,4-6H2,1H3,(H,12,13). The number of hydrogen-bond acceptors (Lipinski definition) is 3. The number of thiophene rings is 1. The number of halogens is 1. The summed E-state index contributed by atoms with van der Waals surface area (Å²) in [6.07, 6.45) is 0. The molecule has 0 atom stereocenters. The number of nitrogens with one attached hydrogen (secondary N) is 1. The first-order valence-electron chi connectivity index (χ1n) is 4.69. The van der Waals surface area contributed by atoms with Gasteiger partial charge in [0.2, 0.25) is 0 Å². The Kier molecular flexibility index (Phi) is 3.13. The highest BCUT2D eigenvalue weighted by atomic mass is 79.9. The van der Waals surface area contributed by atoms with Gasteiger partial charge in [-0.15, -0.1) is 11.3 Å². The summed E-state index contributed by atoms with van der Waals surface area (Å²) in [4.78, 5) is 11.7. The topological polar surface area (TPSA) is 38.3 Å². The first kappa shape index (κ1) is 11.1. The Bertz CT molecular complexity index is 373. The maximum Gasteiger partial charge on any atom is 0.252 e. The van der Waals surface area contributed by atoms with E-state index >= 15 is 0 Å². The lowest BCUT2D eigenvalue weighted by Gasteiger charge is -2.37. The van der Waals surface area contributed by atoms with Crippen LogP contribution in [-0.4, -0.2) is 25.7 Å². The molecule has 2 heterocycles. The van der Waals surface area contributed by atoms with Crippen LogP contribution in [0.2, 0.25) is 0 Å². The SMILES string of the molecule is CC1(CNC(=O)c2csc(Br)c2)COC1. The minimum absolute atomic E-state index is 0.00919. The minimum Gasteiger partial charge on any atom is -0.380 e. The number of hydrogen-bond donors (Lipinski definition) is 1. The van der Waals surface area contributed by atoms with Gasteiger partial charge in [-0.25, -0.2) is 0 Å². The predicted molar refractivity (Wildman–Crippen MR) is 63.3 cm³/mol. The smallest absolute Gasteiger partial charge is 0.252 e. The Hall–Kier alpha value is -0.390. The summed E-state index contributed by atoms with van der Waals surface area (Å²) < 4.78 is 6.10. The average molecular weight is 290 g/mol. The molecule has 0 saturated carbocycles. The second-order valence-corrected chi connectivity index (χ2v) is 6.42. The van der Waals surface area contributed by atoms with Crippen LogP contribution in [0.15, 0.2) is 15.2 Å². The monoisotopic (exact) mass is 289 g/mol. The van der Waals surface area contributed by atoms with Crippen LogP contribution >= 0.6 is 27.3 Å². The van der Waals surface area contributed by atoms with Crippen molar-refractivity contribution in [2.45, 2.75) is 6.92 Å². The average Bonchev–Trinajstić information content (AvgIpc) is 2.58. The van der Waals surface area contributed by atoms with Gasteiger partial charge in [-0.2, -0.15) is 0 Å². The maximum atomic E-state index is 11.7.